The van der Waals surface area contributed by atoms with E-state index >= 15 is 0 Å². The van der Waals surface area contributed by atoms with E-state index in [0.29, 0.717) is 11.3 Å². The molecular weight excluding hydrogens is 188 g/mol. The second kappa shape index (κ2) is 4.75. The van der Waals surface area contributed by atoms with Gasteiger partial charge in [-0.1, -0.05) is 32.9 Å². The van der Waals surface area contributed by atoms with Crippen molar-refractivity contribution in [1.29, 1.82) is 0 Å². The van der Waals surface area contributed by atoms with Gasteiger partial charge in [-0.3, -0.25) is 4.68 Å². The fourth-order valence-electron chi connectivity index (χ4n) is 1.19. The third-order valence-electron chi connectivity index (χ3n) is 3.04. The number of aryl methyl sites for hydroxylation is 1. The summed E-state index contributed by atoms with van der Waals surface area (Å²) in [6, 6.07) is 0. The molecule has 1 N–H and O–H groups in total. The van der Waals surface area contributed by atoms with Crippen LogP contribution in [-0.4, -0.2) is 21.5 Å². The van der Waals surface area contributed by atoms with Gasteiger partial charge in [0, 0.05) is 13.6 Å². The molecule has 86 valence electrons. The molecule has 1 unspecified atom stereocenters. The average molecular weight is 210 g/mol. The Morgan fingerprint density at radius 3 is 2.60 bits per heavy atom. The van der Waals surface area contributed by atoms with Crippen molar-refractivity contribution in [3.05, 3.63) is 11.9 Å². The van der Waals surface area contributed by atoms with Gasteiger partial charge in [0.05, 0.1) is 11.9 Å². The maximum Gasteiger partial charge on any atom is 0.0738 e. The number of hydrogen-bond donors (Lipinski definition) is 1. The van der Waals surface area contributed by atoms with Gasteiger partial charge in [-0.2, -0.15) is 0 Å². The number of rotatable bonds is 4. The van der Waals surface area contributed by atoms with Gasteiger partial charge in [0.1, 0.15) is 0 Å². The van der Waals surface area contributed by atoms with Crippen LogP contribution in [0.1, 0.15) is 33.4 Å². The molecule has 0 fully saturated rings. The minimum atomic E-state index is 0.359. The summed E-state index contributed by atoms with van der Waals surface area (Å²) in [6.45, 7) is 10.9. The fourth-order valence-corrected chi connectivity index (χ4v) is 1.19. The highest BCUT2D eigenvalue weighted by Gasteiger charge is 2.19. The van der Waals surface area contributed by atoms with Gasteiger partial charge in [0.15, 0.2) is 0 Å². The van der Waals surface area contributed by atoms with Crippen molar-refractivity contribution in [3.63, 3.8) is 0 Å². The maximum atomic E-state index is 3.89. The van der Waals surface area contributed by atoms with E-state index < -0.39 is 0 Å². The zero-order valence-electron chi connectivity index (χ0n) is 10.4. The first kappa shape index (κ1) is 12.2. The van der Waals surface area contributed by atoms with Gasteiger partial charge in [0.25, 0.3) is 0 Å². The second-order valence-electron chi connectivity index (χ2n) is 5.25. The summed E-state index contributed by atoms with van der Waals surface area (Å²) in [5.74, 6) is 0.652. The van der Waals surface area contributed by atoms with Crippen LogP contribution in [0, 0.1) is 11.3 Å². The Hall–Kier alpha value is -0.900. The molecule has 0 spiro atoms. The van der Waals surface area contributed by atoms with Crippen molar-refractivity contribution in [2.24, 2.45) is 18.4 Å². The Morgan fingerprint density at radius 2 is 2.13 bits per heavy atom. The quantitative estimate of drug-likeness (QED) is 0.820. The Morgan fingerprint density at radius 1 is 1.47 bits per heavy atom. The molecule has 0 bridgehead atoms. The van der Waals surface area contributed by atoms with E-state index in [4.69, 9.17) is 0 Å². The van der Waals surface area contributed by atoms with Gasteiger partial charge in [0.2, 0.25) is 0 Å². The van der Waals surface area contributed by atoms with Gasteiger partial charge < -0.3 is 5.32 Å². The Labute approximate surface area is 92.1 Å². The van der Waals surface area contributed by atoms with Crippen molar-refractivity contribution in [1.82, 2.24) is 20.3 Å². The molecule has 1 aromatic rings. The lowest BCUT2D eigenvalue weighted by molar-refractivity contribution is 0.252. The third-order valence-corrected chi connectivity index (χ3v) is 3.04. The molecule has 1 atom stereocenters. The summed E-state index contributed by atoms with van der Waals surface area (Å²) in [4.78, 5) is 0. The highest BCUT2D eigenvalue weighted by atomic mass is 15.4. The van der Waals surface area contributed by atoms with Gasteiger partial charge in [-0.25, -0.2) is 0 Å². The van der Waals surface area contributed by atoms with Gasteiger partial charge in [-0.05, 0) is 17.9 Å². The first-order chi connectivity index (χ1) is 6.91. The SMILES string of the molecule is CC(CNCc1cnnn1C)C(C)(C)C. The van der Waals surface area contributed by atoms with E-state index in [1.54, 1.807) is 10.9 Å². The molecule has 0 aliphatic carbocycles. The van der Waals surface area contributed by atoms with E-state index in [1.165, 1.54) is 0 Å². The summed E-state index contributed by atoms with van der Waals surface area (Å²) in [5, 5.41) is 11.2. The van der Waals surface area contributed by atoms with Crippen LogP contribution in [0.5, 0.6) is 0 Å². The summed E-state index contributed by atoms with van der Waals surface area (Å²) in [5.41, 5.74) is 1.48. The van der Waals surface area contributed by atoms with Gasteiger partial charge >= 0.3 is 0 Å². The van der Waals surface area contributed by atoms with Gasteiger partial charge in [-0.15, -0.1) is 5.10 Å². The molecule has 1 rings (SSSR count). The summed E-state index contributed by atoms with van der Waals surface area (Å²) < 4.78 is 1.80. The van der Waals surface area contributed by atoms with Crippen LogP contribution in [0.15, 0.2) is 6.20 Å². The third kappa shape index (κ3) is 3.63. The first-order valence-electron chi connectivity index (χ1n) is 5.45. The van der Waals surface area contributed by atoms with Crippen molar-refractivity contribution in [3.8, 4) is 0 Å². The Kier molecular flexibility index (Phi) is 3.85. The van der Waals surface area contributed by atoms with Crippen molar-refractivity contribution >= 4 is 0 Å². The van der Waals surface area contributed by atoms with E-state index in [2.05, 4.69) is 43.3 Å². The summed E-state index contributed by atoms with van der Waals surface area (Å²) in [7, 11) is 1.91. The smallest absolute Gasteiger partial charge is 0.0738 e. The van der Waals surface area contributed by atoms with Crippen LogP contribution in [0.4, 0.5) is 0 Å². The highest BCUT2D eigenvalue weighted by molar-refractivity contribution is 4.92. The lowest BCUT2D eigenvalue weighted by atomic mass is 9.82. The van der Waals surface area contributed by atoms with Crippen LogP contribution >= 0.6 is 0 Å². The normalized spacial score (nSPS) is 14.2. The minimum Gasteiger partial charge on any atom is -0.311 e. The van der Waals surface area contributed by atoms with Crippen LogP contribution < -0.4 is 5.32 Å². The average Bonchev–Trinajstić information content (AvgIpc) is 2.50. The number of aromatic nitrogens is 3. The fraction of sp³-hybridized carbons (Fsp3) is 0.818. The lowest BCUT2D eigenvalue weighted by Gasteiger charge is -2.27. The number of nitrogens with one attached hydrogen (secondary N) is 1. The molecular formula is C11H22N4. The molecule has 15 heavy (non-hydrogen) atoms. The van der Waals surface area contributed by atoms with Crippen molar-refractivity contribution in [2.45, 2.75) is 34.2 Å². The molecule has 0 saturated heterocycles. The Bertz CT molecular complexity index is 298. The van der Waals surface area contributed by atoms with E-state index in [-0.39, 0.29) is 0 Å². The van der Waals surface area contributed by atoms with Crippen LogP contribution in [0.3, 0.4) is 0 Å². The predicted octanol–water partition coefficient (Wildman–Crippen LogP) is 1.59. The summed E-state index contributed by atoms with van der Waals surface area (Å²) in [6.07, 6.45) is 1.80. The molecule has 0 aliphatic heterocycles. The maximum absolute atomic E-state index is 3.89. The number of hydrogen-bond acceptors (Lipinski definition) is 3. The van der Waals surface area contributed by atoms with E-state index in [0.717, 1.165) is 18.8 Å². The monoisotopic (exact) mass is 210 g/mol. The minimum absolute atomic E-state index is 0.359. The molecule has 4 nitrogen and oxygen atoms in total. The zero-order valence-corrected chi connectivity index (χ0v) is 10.4. The topological polar surface area (TPSA) is 42.7 Å². The standard InChI is InChI=1S/C11H22N4/c1-9(11(2,3)4)6-12-7-10-8-13-14-15(10)5/h8-9,12H,6-7H2,1-5H3. The predicted molar refractivity (Wildman–Crippen MR) is 61.3 cm³/mol. The lowest BCUT2D eigenvalue weighted by Crippen LogP contribution is -2.29. The van der Waals surface area contributed by atoms with Crippen molar-refractivity contribution in [2.75, 3.05) is 6.54 Å². The largest absolute Gasteiger partial charge is 0.311 e. The van der Waals surface area contributed by atoms with Crippen molar-refractivity contribution < 1.29 is 0 Å². The molecule has 1 heterocycles. The van der Waals surface area contributed by atoms with E-state index in [1.807, 2.05) is 7.05 Å². The molecule has 1 aromatic heterocycles. The number of nitrogens with zero attached hydrogens (tertiary/aromatic N) is 3. The molecule has 0 amide bonds. The van der Waals surface area contributed by atoms with Crippen LogP contribution in [0.25, 0.3) is 0 Å². The summed E-state index contributed by atoms with van der Waals surface area (Å²) >= 11 is 0. The van der Waals surface area contributed by atoms with E-state index in [9.17, 15) is 0 Å². The zero-order chi connectivity index (χ0) is 11.5. The van der Waals surface area contributed by atoms with Crippen LogP contribution in [-0.2, 0) is 13.6 Å². The first-order valence-corrected chi connectivity index (χ1v) is 5.45. The molecule has 0 aliphatic rings. The molecule has 0 saturated carbocycles. The molecule has 0 radical (unpaired) electrons. The molecule has 4 heteroatoms. The second-order valence-corrected chi connectivity index (χ2v) is 5.25. The highest BCUT2D eigenvalue weighted by Crippen LogP contribution is 2.24. The van der Waals surface area contributed by atoms with Crippen LogP contribution in [0.2, 0.25) is 0 Å². The molecule has 0 aromatic carbocycles. The Balaban J connectivity index is 2.31.